The highest BCUT2D eigenvalue weighted by molar-refractivity contribution is 7.17. The summed E-state index contributed by atoms with van der Waals surface area (Å²) >= 11 is 1.49. The summed E-state index contributed by atoms with van der Waals surface area (Å²) in [5, 5.41) is 4.02. The molecule has 1 saturated heterocycles. The molecule has 2 heterocycles. The van der Waals surface area contributed by atoms with Gasteiger partial charge in [0.25, 0.3) is 5.91 Å². The van der Waals surface area contributed by atoms with Crippen molar-refractivity contribution in [1.82, 2.24) is 15.2 Å². The van der Waals surface area contributed by atoms with E-state index < -0.39 is 0 Å². The number of nitrogens with zero attached hydrogens (tertiary/aromatic N) is 2. The van der Waals surface area contributed by atoms with Crippen LogP contribution in [0.3, 0.4) is 0 Å². The predicted molar refractivity (Wildman–Crippen MR) is 114 cm³/mol. The van der Waals surface area contributed by atoms with Gasteiger partial charge in [-0.05, 0) is 58.2 Å². The van der Waals surface area contributed by atoms with Crippen molar-refractivity contribution in [3.8, 4) is 10.6 Å². The Balaban J connectivity index is 1.59. The van der Waals surface area contributed by atoms with Gasteiger partial charge < -0.3 is 10.2 Å². The molecule has 1 aromatic carbocycles. The van der Waals surface area contributed by atoms with Crippen molar-refractivity contribution in [1.29, 1.82) is 0 Å². The quantitative estimate of drug-likeness (QED) is 0.718. The number of likely N-dealkylation sites (tertiary alicyclic amines) is 1. The summed E-state index contributed by atoms with van der Waals surface area (Å²) in [5.74, 6) is 0.0106. The first kappa shape index (κ1) is 20.0. The molecule has 4 nitrogen and oxygen atoms in total. The Bertz CT molecular complexity index is 753. The van der Waals surface area contributed by atoms with E-state index in [1.54, 1.807) is 0 Å². The van der Waals surface area contributed by atoms with Gasteiger partial charge in [0.2, 0.25) is 0 Å². The Labute approximate surface area is 167 Å². The van der Waals surface area contributed by atoms with Gasteiger partial charge in [0.1, 0.15) is 9.88 Å². The Hall–Kier alpha value is -1.72. The molecule has 1 fully saturated rings. The lowest BCUT2D eigenvalue weighted by atomic mass is 10.1. The molecule has 146 valence electrons. The number of hydrogen-bond acceptors (Lipinski definition) is 4. The van der Waals surface area contributed by atoms with Crippen LogP contribution in [0, 0.1) is 6.92 Å². The van der Waals surface area contributed by atoms with Crippen LogP contribution in [0.2, 0.25) is 0 Å². The molecule has 5 heteroatoms. The summed E-state index contributed by atoms with van der Waals surface area (Å²) in [4.78, 5) is 20.4. The molecule has 0 bridgehead atoms. The zero-order valence-electron chi connectivity index (χ0n) is 16.8. The Morgan fingerprint density at radius 3 is 2.78 bits per heavy atom. The topological polar surface area (TPSA) is 45.2 Å². The van der Waals surface area contributed by atoms with Crippen molar-refractivity contribution in [3.05, 3.63) is 40.4 Å². The fraction of sp³-hybridized carbons (Fsp3) is 0.545. The first-order valence-corrected chi connectivity index (χ1v) is 10.9. The normalized spacial score (nSPS) is 17.4. The molecule has 1 aliphatic rings. The van der Waals surface area contributed by atoms with Crippen molar-refractivity contribution >= 4 is 17.2 Å². The lowest BCUT2D eigenvalue weighted by Gasteiger charge is -2.19. The number of hydrogen-bond donors (Lipinski definition) is 1. The van der Waals surface area contributed by atoms with E-state index in [4.69, 9.17) is 0 Å². The molecule has 1 amide bonds. The Morgan fingerprint density at radius 1 is 1.33 bits per heavy atom. The third-order valence-electron chi connectivity index (χ3n) is 5.46. The zero-order valence-corrected chi connectivity index (χ0v) is 17.6. The van der Waals surface area contributed by atoms with Crippen LogP contribution in [-0.4, -0.2) is 42.0 Å². The number of benzene rings is 1. The van der Waals surface area contributed by atoms with E-state index in [-0.39, 0.29) is 5.91 Å². The number of carbonyl (C=O) groups excluding carboxylic acids is 1. The first-order chi connectivity index (χ1) is 13.1. The lowest BCUT2D eigenvalue weighted by Crippen LogP contribution is -2.31. The minimum Gasteiger partial charge on any atom is -0.351 e. The highest BCUT2D eigenvalue weighted by Crippen LogP contribution is 2.28. The van der Waals surface area contributed by atoms with Crippen molar-refractivity contribution in [2.45, 2.75) is 58.4 Å². The Morgan fingerprint density at radius 2 is 2.11 bits per heavy atom. The van der Waals surface area contributed by atoms with Crippen molar-refractivity contribution in [2.24, 2.45) is 0 Å². The summed E-state index contributed by atoms with van der Waals surface area (Å²) in [6.07, 6.45) is 7.08. The average molecular weight is 386 g/mol. The minimum atomic E-state index is 0.0106. The van der Waals surface area contributed by atoms with E-state index in [0.29, 0.717) is 6.04 Å². The molecule has 2 aromatic rings. The molecule has 0 saturated carbocycles. The van der Waals surface area contributed by atoms with Gasteiger partial charge in [-0.2, -0.15) is 0 Å². The van der Waals surface area contributed by atoms with Crippen molar-refractivity contribution in [2.75, 3.05) is 20.1 Å². The maximum Gasteiger partial charge on any atom is 0.263 e. The van der Waals surface area contributed by atoms with Gasteiger partial charge in [-0.25, -0.2) is 4.98 Å². The molecule has 1 unspecified atom stereocenters. The summed E-state index contributed by atoms with van der Waals surface area (Å²) in [6, 6.07) is 9.22. The van der Waals surface area contributed by atoms with E-state index >= 15 is 0 Å². The number of amides is 1. The lowest BCUT2D eigenvalue weighted by molar-refractivity contribution is 0.0953. The van der Waals surface area contributed by atoms with Gasteiger partial charge in [-0.3, -0.25) is 4.79 Å². The molecule has 1 atom stereocenters. The largest absolute Gasteiger partial charge is 0.351 e. The summed E-state index contributed by atoms with van der Waals surface area (Å²) in [6.45, 7) is 6.04. The second-order valence-electron chi connectivity index (χ2n) is 7.56. The van der Waals surface area contributed by atoms with E-state index in [2.05, 4.69) is 53.4 Å². The SMILES string of the molecule is CCCCc1ccc(-c2nc(C)c(C(=O)NCCC3CCCN3C)s2)cc1. The molecule has 1 aromatic heterocycles. The fourth-order valence-electron chi connectivity index (χ4n) is 3.70. The standard InChI is InChI=1S/C22H31N3OS/c1-4-5-7-17-9-11-18(12-10-17)22-24-16(2)20(27-22)21(26)23-14-13-19-8-6-15-25(19)3/h9-12,19H,4-8,13-15H2,1-3H3,(H,23,26). The maximum atomic E-state index is 12.6. The summed E-state index contributed by atoms with van der Waals surface area (Å²) < 4.78 is 0. The number of carbonyl (C=O) groups is 1. The molecule has 0 spiro atoms. The van der Waals surface area contributed by atoms with Crippen LogP contribution >= 0.6 is 11.3 Å². The second-order valence-corrected chi connectivity index (χ2v) is 8.55. The molecule has 1 N–H and O–H groups in total. The van der Waals surface area contributed by atoms with Crippen LogP contribution in [0.5, 0.6) is 0 Å². The van der Waals surface area contributed by atoms with E-state index in [0.717, 1.165) is 40.5 Å². The van der Waals surface area contributed by atoms with Gasteiger partial charge in [-0.1, -0.05) is 37.6 Å². The third-order valence-corrected chi connectivity index (χ3v) is 6.66. The van der Waals surface area contributed by atoms with E-state index in [1.165, 1.54) is 49.1 Å². The minimum absolute atomic E-state index is 0.0106. The summed E-state index contributed by atoms with van der Waals surface area (Å²) in [5.41, 5.74) is 3.28. The number of aromatic nitrogens is 1. The number of unbranched alkanes of at least 4 members (excludes halogenated alkanes) is 1. The third kappa shape index (κ3) is 5.17. The summed E-state index contributed by atoms with van der Waals surface area (Å²) in [7, 11) is 2.17. The van der Waals surface area contributed by atoms with Gasteiger partial charge in [0, 0.05) is 18.2 Å². The molecule has 3 rings (SSSR count). The maximum absolute atomic E-state index is 12.6. The predicted octanol–water partition coefficient (Wildman–Crippen LogP) is 4.68. The molecule has 27 heavy (non-hydrogen) atoms. The van der Waals surface area contributed by atoms with Crippen molar-refractivity contribution in [3.63, 3.8) is 0 Å². The van der Waals surface area contributed by atoms with E-state index in [1.807, 2.05) is 6.92 Å². The number of nitrogens with one attached hydrogen (secondary N) is 1. The van der Waals surface area contributed by atoms with Crippen LogP contribution in [-0.2, 0) is 6.42 Å². The highest BCUT2D eigenvalue weighted by atomic mass is 32.1. The number of aryl methyl sites for hydroxylation is 2. The van der Waals surface area contributed by atoms with Crippen LogP contribution in [0.1, 0.15) is 60.0 Å². The Kier molecular flexibility index (Phi) is 7.02. The van der Waals surface area contributed by atoms with E-state index in [9.17, 15) is 4.79 Å². The fourth-order valence-corrected chi connectivity index (χ4v) is 4.69. The van der Waals surface area contributed by atoms with Gasteiger partial charge in [0.05, 0.1) is 5.69 Å². The number of thiazole rings is 1. The van der Waals surface area contributed by atoms with Crippen LogP contribution in [0.25, 0.3) is 10.6 Å². The molecule has 0 aliphatic carbocycles. The van der Waals surface area contributed by atoms with Crippen LogP contribution < -0.4 is 5.32 Å². The zero-order chi connectivity index (χ0) is 19.2. The second kappa shape index (κ2) is 9.47. The number of rotatable bonds is 8. The molecular weight excluding hydrogens is 354 g/mol. The van der Waals surface area contributed by atoms with Crippen LogP contribution in [0.4, 0.5) is 0 Å². The highest BCUT2D eigenvalue weighted by Gasteiger charge is 2.21. The molecule has 0 radical (unpaired) electrons. The van der Waals surface area contributed by atoms with Gasteiger partial charge in [0.15, 0.2) is 0 Å². The van der Waals surface area contributed by atoms with Gasteiger partial charge >= 0.3 is 0 Å². The average Bonchev–Trinajstić information content (AvgIpc) is 3.26. The molecular formula is C22H31N3OS. The van der Waals surface area contributed by atoms with Crippen LogP contribution in [0.15, 0.2) is 24.3 Å². The monoisotopic (exact) mass is 385 g/mol. The first-order valence-electron chi connectivity index (χ1n) is 10.1. The van der Waals surface area contributed by atoms with Gasteiger partial charge in [-0.15, -0.1) is 11.3 Å². The molecule has 1 aliphatic heterocycles. The smallest absolute Gasteiger partial charge is 0.263 e. The van der Waals surface area contributed by atoms with Crippen molar-refractivity contribution < 1.29 is 4.79 Å².